The Morgan fingerprint density at radius 1 is 0.947 bits per heavy atom. The van der Waals surface area contributed by atoms with Gasteiger partial charge in [-0.15, -0.1) is 0 Å². The average molecular weight is 248 g/mol. The van der Waals surface area contributed by atoms with Crippen molar-refractivity contribution in [1.82, 2.24) is 5.01 Å². The van der Waals surface area contributed by atoms with Gasteiger partial charge in [-0.1, -0.05) is 66.7 Å². The minimum Gasteiger partial charge on any atom is -0.285 e. The van der Waals surface area contributed by atoms with Crippen LogP contribution < -0.4 is 0 Å². The lowest BCUT2D eigenvalue weighted by atomic mass is 10.2. The Bertz CT molecular complexity index is 573. The molecular weight excluding hydrogens is 232 g/mol. The highest BCUT2D eigenvalue weighted by molar-refractivity contribution is 5.78. The monoisotopic (exact) mass is 248 g/mol. The molecule has 1 atom stereocenters. The summed E-state index contributed by atoms with van der Waals surface area (Å²) in [5.74, 6) is 0. The Labute approximate surface area is 113 Å². The molecule has 3 rings (SSSR count). The lowest BCUT2D eigenvalue weighted by Crippen LogP contribution is -1.87. The van der Waals surface area contributed by atoms with Gasteiger partial charge in [-0.3, -0.25) is 5.01 Å². The van der Waals surface area contributed by atoms with E-state index in [0.717, 1.165) is 6.54 Å². The maximum Gasteiger partial charge on any atom is 0.0912 e. The van der Waals surface area contributed by atoms with Crippen LogP contribution in [0.15, 0.2) is 71.8 Å². The van der Waals surface area contributed by atoms with Gasteiger partial charge in [0.15, 0.2) is 0 Å². The topological polar surface area (TPSA) is 15.4 Å². The maximum atomic E-state index is 4.43. The van der Waals surface area contributed by atoms with Crippen molar-refractivity contribution in [3.63, 3.8) is 0 Å². The van der Waals surface area contributed by atoms with Crippen molar-refractivity contribution in [2.45, 2.75) is 6.04 Å². The molecule has 0 bridgehead atoms. The summed E-state index contributed by atoms with van der Waals surface area (Å²) in [6.07, 6.45) is 5.90. The molecule has 0 spiro atoms. The largest absolute Gasteiger partial charge is 0.285 e. The van der Waals surface area contributed by atoms with Crippen LogP contribution in [0.3, 0.4) is 0 Å². The van der Waals surface area contributed by atoms with E-state index in [-0.39, 0.29) is 0 Å². The summed E-state index contributed by atoms with van der Waals surface area (Å²) >= 11 is 0. The van der Waals surface area contributed by atoms with E-state index in [1.807, 2.05) is 36.6 Å². The molecule has 2 nitrogen and oxygen atoms in total. The van der Waals surface area contributed by atoms with Crippen molar-refractivity contribution in [1.29, 1.82) is 0 Å². The summed E-state index contributed by atoms with van der Waals surface area (Å²) in [6, 6.07) is 21.2. The average Bonchev–Trinajstić information content (AvgIpc) is 3.25. The van der Waals surface area contributed by atoms with Gasteiger partial charge in [0, 0.05) is 6.21 Å². The summed E-state index contributed by atoms with van der Waals surface area (Å²) < 4.78 is 0. The lowest BCUT2D eigenvalue weighted by Gasteiger charge is -1.97. The molecule has 0 amide bonds. The second kappa shape index (κ2) is 5.53. The molecule has 1 aliphatic heterocycles. The molecule has 2 aromatic rings. The molecule has 0 aromatic heterocycles. The summed E-state index contributed by atoms with van der Waals surface area (Å²) in [6.45, 7) is 1.01. The van der Waals surface area contributed by atoms with Crippen molar-refractivity contribution < 1.29 is 0 Å². The Morgan fingerprint density at radius 3 is 2.37 bits per heavy atom. The quantitative estimate of drug-likeness (QED) is 0.594. The maximum absolute atomic E-state index is 4.43. The molecule has 1 unspecified atom stereocenters. The molecule has 1 saturated heterocycles. The van der Waals surface area contributed by atoms with Gasteiger partial charge in [-0.2, -0.15) is 5.10 Å². The van der Waals surface area contributed by atoms with Gasteiger partial charge >= 0.3 is 0 Å². The summed E-state index contributed by atoms with van der Waals surface area (Å²) in [4.78, 5) is 0. The van der Waals surface area contributed by atoms with Gasteiger partial charge in [0.05, 0.1) is 12.6 Å². The van der Waals surface area contributed by atoms with E-state index < -0.39 is 0 Å². The van der Waals surface area contributed by atoms with Crippen molar-refractivity contribution in [3.8, 4) is 0 Å². The van der Waals surface area contributed by atoms with E-state index >= 15 is 0 Å². The number of hydrogen-bond acceptors (Lipinski definition) is 2. The number of hydrogen-bond donors (Lipinski definition) is 0. The van der Waals surface area contributed by atoms with Gasteiger partial charge in [0.25, 0.3) is 0 Å². The van der Waals surface area contributed by atoms with Gasteiger partial charge in [0.1, 0.15) is 0 Å². The van der Waals surface area contributed by atoms with Gasteiger partial charge in [-0.05, 0) is 17.2 Å². The van der Waals surface area contributed by atoms with Crippen LogP contribution in [-0.4, -0.2) is 17.8 Å². The predicted octanol–water partition coefficient (Wildman–Crippen LogP) is 3.74. The van der Waals surface area contributed by atoms with Crippen molar-refractivity contribution in [2.24, 2.45) is 5.10 Å². The molecule has 94 valence electrons. The minimum absolute atomic E-state index is 0.461. The van der Waals surface area contributed by atoms with Crippen LogP contribution in [0.2, 0.25) is 0 Å². The smallest absolute Gasteiger partial charge is 0.0912 e. The molecule has 19 heavy (non-hydrogen) atoms. The molecular formula is C17H16N2. The Hall–Kier alpha value is -2.35. The minimum atomic E-state index is 0.461. The molecule has 1 aliphatic rings. The van der Waals surface area contributed by atoms with E-state index in [0.29, 0.717) is 6.04 Å². The highest BCUT2D eigenvalue weighted by Crippen LogP contribution is 2.34. The molecule has 2 aromatic carbocycles. The first-order valence-electron chi connectivity index (χ1n) is 6.51. The van der Waals surface area contributed by atoms with Crippen LogP contribution in [0.25, 0.3) is 6.08 Å². The second-order valence-corrected chi connectivity index (χ2v) is 4.58. The number of benzene rings is 2. The van der Waals surface area contributed by atoms with Crippen molar-refractivity contribution in [3.05, 3.63) is 77.9 Å². The third-order valence-corrected chi connectivity index (χ3v) is 3.16. The Morgan fingerprint density at radius 2 is 1.63 bits per heavy atom. The van der Waals surface area contributed by atoms with Gasteiger partial charge in [-0.25, -0.2) is 0 Å². The zero-order valence-electron chi connectivity index (χ0n) is 10.7. The third kappa shape index (κ3) is 3.10. The Balaban J connectivity index is 1.54. The summed E-state index contributed by atoms with van der Waals surface area (Å²) in [7, 11) is 0. The Kier molecular flexibility index (Phi) is 3.41. The van der Waals surface area contributed by atoms with E-state index in [9.17, 15) is 0 Å². The predicted molar refractivity (Wildman–Crippen MR) is 79.9 cm³/mol. The molecule has 2 heteroatoms. The standard InChI is InChI=1S/C17H16N2/c1-3-8-15(9-4-1)10-7-13-18-19-14-17(19)16-11-5-2-6-12-16/h1-13,17H,14H2/b10-7+,18-13+. The number of nitrogens with zero attached hydrogens (tertiary/aromatic N) is 2. The molecule has 0 N–H and O–H groups in total. The SMILES string of the molecule is C(=C\c1ccccc1)/C=N/N1CC1c1ccccc1. The fraction of sp³-hybridized carbons (Fsp3) is 0.118. The van der Waals surface area contributed by atoms with E-state index in [1.54, 1.807) is 0 Å². The zero-order valence-corrected chi connectivity index (χ0v) is 10.7. The molecule has 0 saturated carbocycles. The normalized spacial score (nSPS) is 18.3. The van der Waals surface area contributed by atoms with Crippen LogP contribution >= 0.6 is 0 Å². The highest BCUT2D eigenvalue weighted by atomic mass is 15.6. The van der Waals surface area contributed by atoms with Gasteiger partial charge < -0.3 is 0 Å². The third-order valence-electron chi connectivity index (χ3n) is 3.16. The summed E-state index contributed by atoms with van der Waals surface area (Å²) in [5.41, 5.74) is 2.53. The summed E-state index contributed by atoms with van der Waals surface area (Å²) in [5, 5.41) is 6.52. The molecule has 1 fully saturated rings. The van der Waals surface area contributed by atoms with Crippen molar-refractivity contribution >= 4 is 12.3 Å². The molecule has 0 aliphatic carbocycles. The number of hydrazone groups is 1. The van der Waals surface area contributed by atoms with Crippen LogP contribution in [-0.2, 0) is 0 Å². The fourth-order valence-electron chi connectivity index (χ4n) is 2.05. The van der Waals surface area contributed by atoms with E-state index in [4.69, 9.17) is 0 Å². The lowest BCUT2D eigenvalue weighted by molar-refractivity contribution is 0.557. The number of rotatable bonds is 4. The first-order chi connectivity index (χ1) is 9.43. The van der Waals surface area contributed by atoms with Crippen LogP contribution in [0.1, 0.15) is 17.2 Å². The van der Waals surface area contributed by atoms with Crippen LogP contribution in [0.5, 0.6) is 0 Å². The van der Waals surface area contributed by atoms with E-state index in [1.165, 1.54) is 11.1 Å². The molecule has 0 radical (unpaired) electrons. The van der Waals surface area contributed by atoms with Gasteiger partial charge in [0.2, 0.25) is 0 Å². The second-order valence-electron chi connectivity index (χ2n) is 4.58. The van der Waals surface area contributed by atoms with E-state index in [2.05, 4.69) is 52.6 Å². The molecule has 1 heterocycles. The van der Waals surface area contributed by atoms with Crippen molar-refractivity contribution in [2.75, 3.05) is 6.54 Å². The first-order valence-corrected chi connectivity index (χ1v) is 6.51. The fourth-order valence-corrected chi connectivity index (χ4v) is 2.05. The van der Waals surface area contributed by atoms with Crippen LogP contribution in [0.4, 0.5) is 0 Å². The van der Waals surface area contributed by atoms with Crippen LogP contribution in [0, 0.1) is 0 Å². The highest BCUT2D eigenvalue weighted by Gasteiger charge is 2.33. The zero-order chi connectivity index (χ0) is 12.9. The number of allylic oxidation sites excluding steroid dienone is 1. The first kappa shape index (κ1) is 11.7.